The number of rotatable bonds is 3. The number of nitro groups is 1. The maximum atomic E-state index is 12.1. The Morgan fingerprint density at radius 2 is 1.83 bits per heavy atom. The van der Waals surface area contributed by atoms with Gasteiger partial charge in [0.15, 0.2) is 5.78 Å². The molecule has 7 heteroatoms. The molecular formula is C11H5Cl2NO3S. The number of carbonyl (C=O) groups excluding carboxylic acids is 1. The van der Waals surface area contributed by atoms with Crippen molar-refractivity contribution in [3.05, 3.63) is 60.9 Å². The number of thiophene rings is 1. The van der Waals surface area contributed by atoms with Gasteiger partial charge < -0.3 is 0 Å². The number of carbonyl (C=O) groups is 1. The summed E-state index contributed by atoms with van der Waals surface area (Å²) in [5.74, 6) is -0.360. The van der Waals surface area contributed by atoms with Crippen LogP contribution in [0.5, 0.6) is 0 Å². The van der Waals surface area contributed by atoms with Crippen LogP contribution < -0.4 is 0 Å². The van der Waals surface area contributed by atoms with E-state index in [2.05, 4.69) is 0 Å². The highest BCUT2D eigenvalue weighted by atomic mass is 35.5. The lowest BCUT2D eigenvalue weighted by molar-refractivity contribution is -0.380. The van der Waals surface area contributed by atoms with Crippen LogP contribution in [0.15, 0.2) is 30.3 Å². The Bertz CT molecular complexity index is 622. The molecule has 0 bridgehead atoms. The van der Waals surface area contributed by atoms with Gasteiger partial charge in [0.2, 0.25) is 0 Å². The highest BCUT2D eigenvalue weighted by Crippen LogP contribution is 2.34. The fourth-order valence-corrected chi connectivity index (χ4v) is 2.56. The summed E-state index contributed by atoms with van der Waals surface area (Å²) in [5.41, 5.74) is 0.518. The molecule has 0 amide bonds. The molecule has 0 radical (unpaired) electrons. The van der Waals surface area contributed by atoms with E-state index >= 15 is 0 Å². The predicted molar refractivity (Wildman–Crippen MR) is 70.9 cm³/mol. The SMILES string of the molecule is O=C(c1ccc(Cl)cc1)c1cc([N+](=O)[O-])sc1Cl. The molecular weight excluding hydrogens is 297 g/mol. The summed E-state index contributed by atoms with van der Waals surface area (Å²) in [6.07, 6.45) is 0. The summed E-state index contributed by atoms with van der Waals surface area (Å²) in [7, 11) is 0. The van der Waals surface area contributed by atoms with Crippen molar-refractivity contribution in [1.82, 2.24) is 0 Å². The number of benzene rings is 1. The van der Waals surface area contributed by atoms with Crippen LogP contribution in [0.3, 0.4) is 0 Å². The van der Waals surface area contributed by atoms with Crippen LogP contribution in [-0.2, 0) is 0 Å². The van der Waals surface area contributed by atoms with Crippen molar-refractivity contribution in [3.8, 4) is 0 Å². The minimum absolute atomic E-state index is 0.113. The molecule has 0 aliphatic heterocycles. The maximum Gasteiger partial charge on any atom is 0.326 e. The smallest absolute Gasteiger partial charge is 0.289 e. The van der Waals surface area contributed by atoms with E-state index in [1.165, 1.54) is 6.07 Å². The second-order valence-electron chi connectivity index (χ2n) is 3.37. The summed E-state index contributed by atoms with van der Waals surface area (Å²) in [6, 6.07) is 7.42. The van der Waals surface area contributed by atoms with Gasteiger partial charge in [-0.05, 0) is 24.3 Å². The average Bonchev–Trinajstić information content (AvgIpc) is 2.71. The minimum Gasteiger partial charge on any atom is -0.289 e. The van der Waals surface area contributed by atoms with E-state index in [4.69, 9.17) is 23.2 Å². The Morgan fingerprint density at radius 1 is 1.22 bits per heavy atom. The summed E-state index contributed by atoms with van der Waals surface area (Å²) in [4.78, 5) is 22.1. The average molecular weight is 302 g/mol. The molecule has 0 fully saturated rings. The number of hydrogen-bond acceptors (Lipinski definition) is 4. The first kappa shape index (κ1) is 13.0. The molecule has 0 spiro atoms. The minimum atomic E-state index is -0.574. The third-order valence-corrected chi connectivity index (χ3v) is 3.77. The third kappa shape index (κ3) is 2.53. The molecule has 4 nitrogen and oxygen atoms in total. The zero-order valence-electron chi connectivity index (χ0n) is 8.72. The molecule has 2 rings (SSSR count). The van der Waals surface area contributed by atoms with Gasteiger partial charge in [0.05, 0.1) is 10.5 Å². The van der Waals surface area contributed by atoms with Crippen molar-refractivity contribution in [1.29, 1.82) is 0 Å². The van der Waals surface area contributed by atoms with E-state index in [-0.39, 0.29) is 20.7 Å². The molecule has 18 heavy (non-hydrogen) atoms. The molecule has 0 atom stereocenters. The molecule has 92 valence electrons. The van der Waals surface area contributed by atoms with E-state index in [0.29, 0.717) is 10.6 Å². The van der Waals surface area contributed by atoms with Crippen LogP contribution in [0.1, 0.15) is 15.9 Å². The number of ketones is 1. The lowest BCUT2D eigenvalue weighted by atomic mass is 10.1. The lowest BCUT2D eigenvalue weighted by Gasteiger charge is -1.98. The van der Waals surface area contributed by atoms with Gasteiger partial charge in [0.1, 0.15) is 4.34 Å². The Hall–Kier alpha value is -1.43. The molecule has 0 saturated carbocycles. The topological polar surface area (TPSA) is 60.2 Å². The fraction of sp³-hybridized carbons (Fsp3) is 0. The van der Waals surface area contributed by atoms with Crippen LogP contribution in [0, 0.1) is 10.1 Å². The highest BCUT2D eigenvalue weighted by Gasteiger charge is 2.21. The van der Waals surface area contributed by atoms with Crippen LogP contribution in [-0.4, -0.2) is 10.7 Å². The quantitative estimate of drug-likeness (QED) is 0.485. The fourth-order valence-electron chi connectivity index (χ4n) is 1.36. The highest BCUT2D eigenvalue weighted by molar-refractivity contribution is 7.19. The standard InChI is InChI=1S/C11H5Cl2NO3S/c12-7-3-1-6(2-4-7)10(15)8-5-9(14(16)17)18-11(8)13/h1-5H. The zero-order chi connectivity index (χ0) is 13.3. The van der Waals surface area contributed by atoms with Gasteiger partial charge >= 0.3 is 5.00 Å². The summed E-state index contributed by atoms with van der Waals surface area (Å²) < 4.78 is 0.113. The van der Waals surface area contributed by atoms with Crippen molar-refractivity contribution in [3.63, 3.8) is 0 Å². The molecule has 0 saturated heterocycles. The maximum absolute atomic E-state index is 12.1. The summed E-state index contributed by atoms with van der Waals surface area (Å²) >= 11 is 12.3. The van der Waals surface area contributed by atoms with E-state index < -0.39 is 4.92 Å². The van der Waals surface area contributed by atoms with E-state index in [0.717, 1.165) is 11.3 Å². The second-order valence-corrected chi connectivity index (χ2v) is 5.43. The van der Waals surface area contributed by atoms with Gasteiger partial charge in [0.25, 0.3) is 0 Å². The summed E-state index contributed by atoms with van der Waals surface area (Å²) in [5, 5.41) is 11.0. The Balaban J connectivity index is 2.39. The Morgan fingerprint density at radius 3 is 2.33 bits per heavy atom. The molecule has 1 aromatic heterocycles. The van der Waals surface area contributed by atoms with E-state index in [1.54, 1.807) is 24.3 Å². The molecule has 0 aliphatic carbocycles. The van der Waals surface area contributed by atoms with Crippen molar-refractivity contribution in [2.45, 2.75) is 0 Å². The van der Waals surface area contributed by atoms with Gasteiger partial charge in [-0.25, -0.2) is 0 Å². The van der Waals surface area contributed by atoms with Crippen LogP contribution in [0.4, 0.5) is 5.00 Å². The second kappa shape index (κ2) is 5.06. The molecule has 2 aromatic rings. The lowest BCUT2D eigenvalue weighted by Crippen LogP contribution is -1.99. The summed E-state index contributed by atoms with van der Waals surface area (Å²) in [6.45, 7) is 0. The predicted octanol–water partition coefficient (Wildman–Crippen LogP) is 4.19. The van der Waals surface area contributed by atoms with Crippen molar-refractivity contribution in [2.24, 2.45) is 0 Å². The zero-order valence-corrected chi connectivity index (χ0v) is 11.1. The normalized spacial score (nSPS) is 10.3. The van der Waals surface area contributed by atoms with Gasteiger partial charge in [0, 0.05) is 16.7 Å². The third-order valence-electron chi connectivity index (χ3n) is 2.20. The number of nitrogens with zero attached hydrogens (tertiary/aromatic N) is 1. The van der Waals surface area contributed by atoms with Crippen LogP contribution >= 0.6 is 34.5 Å². The number of halogens is 2. The Kier molecular flexibility index (Phi) is 3.65. The van der Waals surface area contributed by atoms with Gasteiger partial charge in [-0.2, -0.15) is 0 Å². The first-order chi connectivity index (χ1) is 8.49. The monoisotopic (exact) mass is 301 g/mol. The van der Waals surface area contributed by atoms with Crippen molar-refractivity contribution >= 4 is 45.3 Å². The largest absolute Gasteiger partial charge is 0.326 e. The first-order valence-electron chi connectivity index (χ1n) is 4.73. The molecule has 1 heterocycles. The number of hydrogen-bond donors (Lipinski definition) is 0. The van der Waals surface area contributed by atoms with Crippen LogP contribution in [0.25, 0.3) is 0 Å². The molecule has 1 aromatic carbocycles. The molecule has 0 aliphatic rings. The van der Waals surface area contributed by atoms with Gasteiger partial charge in [-0.15, -0.1) is 0 Å². The van der Waals surface area contributed by atoms with E-state index in [1.807, 2.05) is 0 Å². The van der Waals surface area contributed by atoms with Crippen LogP contribution in [0.2, 0.25) is 9.36 Å². The van der Waals surface area contributed by atoms with E-state index in [9.17, 15) is 14.9 Å². The Labute approximate surface area is 116 Å². The van der Waals surface area contributed by atoms with Gasteiger partial charge in [-0.1, -0.05) is 34.5 Å². The van der Waals surface area contributed by atoms with Crippen molar-refractivity contribution in [2.75, 3.05) is 0 Å². The molecule has 0 unspecified atom stereocenters. The molecule has 0 N–H and O–H groups in total. The van der Waals surface area contributed by atoms with Crippen molar-refractivity contribution < 1.29 is 9.72 Å². The van der Waals surface area contributed by atoms with Gasteiger partial charge in [-0.3, -0.25) is 14.9 Å². The first-order valence-corrected chi connectivity index (χ1v) is 6.30.